The van der Waals surface area contributed by atoms with E-state index < -0.39 is 24.3 Å². The first-order chi connectivity index (χ1) is 18.2. The molecule has 214 valence electrons. The van der Waals surface area contributed by atoms with Crippen LogP contribution in [0.15, 0.2) is 48.9 Å². The number of nitrogens with zero attached hydrogens (tertiary/aromatic N) is 3. The van der Waals surface area contributed by atoms with Crippen molar-refractivity contribution < 1.29 is 60.4 Å². The van der Waals surface area contributed by atoms with Gasteiger partial charge in [0.05, 0.1) is 25.4 Å². The summed E-state index contributed by atoms with van der Waals surface area (Å²) in [6.45, 7) is 1.83. The van der Waals surface area contributed by atoms with Gasteiger partial charge in [-0.1, -0.05) is 6.07 Å². The molecule has 39 heavy (non-hydrogen) atoms. The maximum atomic E-state index is 12.8. The van der Waals surface area contributed by atoms with Crippen molar-refractivity contribution in [3.63, 3.8) is 0 Å². The highest BCUT2D eigenvalue weighted by molar-refractivity contribution is 5.94. The SMILES string of the molecule is O=C(O)C(F)(F)F.O=C(O)C(F)(F)F.O=C(c1ccncc1)N1CCOC2CC(COc3ccccn3)CC21. The van der Waals surface area contributed by atoms with Crippen LogP contribution in [0.2, 0.25) is 0 Å². The molecule has 2 aromatic heterocycles. The molecule has 4 rings (SSSR count). The van der Waals surface area contributed by atoms with E-state index in [4.69, 9.17) is 29.3 Å². The van der Waals surface area contributed by atoms with Gasteiger partial charge in [0.25, 0.3) is 5.91 Å². The molecule has 0 bridgehead atoms. The molecule has 2 aliphatic rings. The molecule has 0 spiro atoms. The summed E-state index contributed by atoms with van der Waals surface area (Å²) in [4.78, 5) is 40.8. The highest BCUT2D eigenvalue weighted by atomic mass is 19.4. The lowest BCUT2D eigenvalue weighted by Gasteiger charge is -2.37. The lowest BCUT2D eigenvalue weighted by Crippen LogP contribution is -2.51. The number of morpholine rings is 1. The molecule has 3 atom stereocenters. The summed E-state index contributed by atoms with van der Waals surface area (Å²) in [5.41, 5.74) is 0.684. The minimum atomic E-state index is -5.08. The lowest BCUT2D eigenvalue weighted by molar-refractivity contribution is -0.193. The predicted molar refractivity (Wildman–Crippen MR) is 119 cm³/mol. The molecule has 1 amide bonds. The number of carboxylic acids is 2. The Morgan fingerprint density at radius 2 is 1.54 bits per heavy atom. The van der Waals surface area contributed by atoms with Gasteiger partial charge >= 0.3 is 24.3 Å². The Morgan fingerprint density at radius 1 is 0.949 bits per heavy atom. The van der Waals surface area contributed by atoms with Gasteiger partial charge in [-0.3, -0.25) is 9.78 Å². The molecule has 16 heteroatoms. The number of ether oxygens (including phenoxy) is 2. The van der Waals surface area contributed by atoms with E-state index in [1.807, 2.05) is 23.1 Å². The van der Waals surface area contributed by atoms with E-state index in [1.54, 1.807) is 30.7 Å². The number of pyridine rings is 2. The van der Waals surface area contributed by atoms with E-state index in [0.29, 0.717) is 37.1 Å². The number of halogens is 6. The van der Waals surface area contributed by atoms with E-state index in [2.05, 4.69) is 9.97 Å². The van der Waals surface area contributed by atoms with E-state index in [-0.39, 0.29) is 18.1 Å². The molecule has 0 radical (unpaired) electrons. The minimum Gasteiger partial charge on any atom is -0.477 e. The molecule has 2 fully saturated rings. The van der Waals surface area contributed by atoms with Gasteiger partial charge in [0.2, 0.25) is 5.88 Å². The van der Waals surface area contributed by atoms with Crippen LogP contribution in [0.3, 0.4) is 0 Å². The normalized spacial score (nSPS) is 20.4. The maximum Gasteiger partial charge on any atom is 0.490 e. The zero-order valence-corrected chi connectivity index (χ0v) is 19.9. The molecule has 3 heterocycles. The molecular weight excluding hydrogens is 544 g/mol. The summed E-state index contributed by atoms with van der Waals surface area (Å²) < 4.78 is 75.2. The van der Waals surface area contributed by atoms with Crippen molar-refractivity contribution >= 4 is 17.8 Å². The Hall–Kier alpha value is -3.95. The Bertz CT molecular complexity index is 1060. The molecular formula is C23H23F6N3O7. The topological polar surface area (TPSA) is 139 Å². The molecule has 1 aliphatic carbocycles. The average Bonchev–Trinajstić information content (AvgIpc) is 3.31. The fourth-order valence-corrected chi connectivity index (χ4v) is 3.73. The van der Waals surface area contributed by atoms with Gasteiger partial charge in [-0.15, -0.1) is 0 Å². The molecule has 2 aromatic rings. The third-order valence-corrected chi connectivity index (χ3v) is 5.41. The summed E-state index contributed by atoms with van der Waals surface area (Å²) in [5.74, 6) is -4.45. The first-order valence-electron chi connectivity index (χ1n) is 11.2. The van der Waals surface area contributed by atoms with Gasteiger partial charge in [0, 0.05) is 36.8 Å². The third-order valence-electron chi connectivity index (χ3n) is 5.41. The summed E-state index contributed by atoms with van der Waals surface area (Å²) >= 11 is 0. The van der Waals surface area contributed by atoms with Gasteiger partial charge in [0.15, 0.2) is 0 Å². The fourth-order valence-electron chi connectivity index (χ4n) is 3.73. The quantitative estimate of drug-likeness (QED) is 0.532. The Morgan fingerprint density at radius 3 is 2.05 bits per heavy atom. The number of hydrogen-bond donors (Lipinski definition) is 2. The standard InChI is InChI=1S/C19H21N3O3.2C2HF3O2/c23-19(15-4-7-20-8-5-15)22-9-10-24-17-12-14(11-16(17)22)13-25-18-3-1-2-6-21-18;2*3-2(4,5)1(6)7/h1-8,14,16-17H,9-13H2;2*(H,6,7). The number of carbonyl (C=O) groups is 3. The summed E-state index contributed by atoms with van der Waals surface area (Å²) in [5, 5.41) is 14.2. The Labute approximate surface area is 217 Å². The van der Waals surface area contributed by atoms with Gasteiger partial charge in [-0.2, -0.15) is 26.3 Å². The maximum absolute atomic E-state index is 12.8. The highest BCUT2D eigenvalue weighted by Gasteiger charge is 2.43. The average molecular weight is 567 g/mol. The molecule has 2 N–H and O–H groups in total. The number of rotatable bonds is 4. The number of aliphatic carboxylic acids is 2. The van der Waals surface area contributed by atoms with E-state index in [1.165, 1.54) is 0 Å². The van der Waals surface area contributed by atoms with Crippen molar-refractivity contribution in [1.29, 1.82) is 0 Å². The minimum absolute atomic E-state index is 0.0620. The van der Waals surface area contributed by atoms with Crippen molar-refractivity contribution in [1.82, 2.24) is 14.9 Å². The highest BCUT2D eigenvalue weighted by Crippen LogP contribution is 2.35. The van der Waals surface area contributed by atoms with Gasteiger partial charge in [-0.05, 0) is 37.0 Å². The van der Waals surface area contributed by atoms with E-state index >= 15 is 0 Å². The Balaban J connectivity index is 0.000000317. The van der Waals surface area contributed by atoms with Gasteiger partial charge in [0.1, 0.15) is 0 Å². The molecule has 1 saturated heterocycles. The number of fused-ring (bicyclic) bond motifs is 1. The van der Waals surface area contributed by atoms with Crippen LogP contribution in [0.25, 0.3) is 0 Å². The van der Waals surface area contributed by atoms with Crippen molar-refractivity contribution in [2.75, 3.05) is 19.8 Å². The van der Waals surface area contributed by atoms with Crippen molar-refractivity contribution in [2.45, 2.75) is 37.3 Å². The van der Waals surface area contributed by atoms with Crippen LogP contribution in [0.4, 0.5) is 26.3 Å². The smallest absolute Gasteiger partial charge is 0.477 e. The van der Waals surface area contributed by atoms with Crippen molar-refractivity contribution in [3.8, 4) is 5.88 Å². The number of hydrogen-bond acceptors (Lipinski definition) is 7. The van der Waals surface area contributed by atoms with Gasteiger partial charge < -0.3 is 24.6 Å². The van der Waals surface area contributed by atoms with Gasteiger partial charge in [-0.25, -0.2) is 14.6 Å². The van der Waals surface area contributed by atoms with E-state index in [0.717, 1.165) is 12.8 Å². The van der Waals surface area contributed by atoms with Crippen LogP contribution >= 0.6 is 0 Å². The van der Waals surface area contributed by atoms with Crippen molar-refractivity contribution in [3.05, 3.63) is 54.5 Å². The molecule has 1 aliphatic heterocycles. The molecule has 10 nitrogen and oxygen atoms in total. The Kier molecular flexibility index (Phi) is 11.0. The largest absolute Gasteiger partial charge is 0.490 e. The number of carboxylic acid groups (broad SMARTS) is 2. The second-order valence-corrected chi connectivity index (χ2v) is 8.13. The van der Waals surface area contributed by atoms with Crippen molar-refractivity contribution in [2.24, 2.45) is 5.92 Å². The molecule has 3 unspecified atom stereocenters. The summed E-state index contributed by atoms with van der Waals surface area (Å²) in [6, 6.07) is 9.29. The van der Waals surface area contributed by atoms with Crippen LogP contribution in [0, 0.1) is 5.92 Å². The second-order valence-electron chi connectivity index (χ2n) is 8.13. The fraction of sp³-hybridized carbons (Fsp3) is 0.435. The number of amides is 1. The molecule has 0 aromatic carbocycles. The zero-order chi connectivity index (χ0) is 29.2. The van der Waals surface area contributed by atoms with E-state index in [9.17, 15) is 31.1 Å². The van der Waals surface area contributed by atoms with Crippen LogP contribution in [-0.4, -0.2) is 87.2 Å². The lowest BCUT2D eigenvalue weighted by atomic mass is 10.1. The number of aromatic nitrogens is 2. The first kappa shape index (κ1) is 31.3. The monoisotopic (exact) mass is 567 g/mol. The predicted octanol–water partition coefficient (Wildman–Crippen LogP) is 3.44. The second kappa shape index (κ2) is 13.7. The number of alkyl halides is 6. The van der Waals surface area contributed by atoms with Crippen LogP contribution in [-0.2, 0) is 14.3 Å². The summed E-state index contributed by atoms with van der Waals surface area (Å²) in [6.07, 6.45) is -3.22. The number of carbonyl (C=O) groups excluding carboxylic acids is 1. The van der Waals surface area contributed by atoms with Crippen LogP contribution < -0.4 is 4.74 Å². The molecule has 1 saturated carbocycles. The first-order valence-corrected chi connectivity index (χ1v) is 11.2. The zero-order valence-electron chi connectivity index (χ0n) is 19.9. The van der Waals surface area contributed by atoms with Crippen LogP contribution in [0.5, 0.6) is 5.88 Å². The third kappa shape index (κ3) is 10.0. The van der Waals surface area contributed by atoms with Crippen LogP contribution in [0.1, 0.15) is 23.2 Å². The summed E-state index contributed by atoms with van der Waals surface area (Å²) in [7, 11) is 0.